The zero-order valence-electron chi connectivity index (χ0n) is 14.1. The number of ketones is 1. The van der Waals surface area contributed by atoms with E-state index in [0.717, 1.165) is 37.6 Å². The van der Waals surface area contributed by atoms with Gasteiger partial charge in [0.05, 0.1) is 11.4 Å². The Labute approximate surface area is 158 Å². The fourth-order valence-electron chi connectivity index (χ4n) is 3.52. The second-order valence-electron chi connectivity index (χ2n) is 6.57. The van der Waals surface area contributed by atoms with Crippen molar-refractivity contribution in [3.05, 3.63) is 47.5 Å². The van der Waals surface area contributed by atoms with Crippen LogP contribution in [0.25, 0.3) is 0 Å². The van der Waals surface area contributed by atoms with E-state index in [4.69, 9.17) is 11.6 Å². The van der Waals surface area contributed by atoms with Crippen molar-refractivity contribution in [2.45, 2.75) is 29.1 Å². The fraction of sp³-hybridized carbons (Fsp3) is 0.350. The van der Waals surface area contributed by atoms with Gasteiger partial charge in [0, 0.05) is 47.3 Å². The molecule has 2 heterocycles. The second-order valence-corrected chi connectivity index (χ2v) is 8.09. The zero-order chi connectivity index (χ0) is 17.2. The highest BCUT2D eigenvalue weighted by atomic mass is 35.5. The first-order chi connectivity index (χ1) is 12.2. The minimum absolute atomic E-state index is 0.404. The quantitative estimate of drug-likeness (QED) is 0.753. The number of halogens is 1. The van der Waals surface area contributed by atoms with Crippen LogP contribution in [0.4, 0.5) is 11.4 Å². The van der Waals surface area contributed by atoms with Gasteiger partial charge >= 0.3 is 0 Å². The molecule has 2 aliphatic heterocycles. The third-order valence-electron chi connectivity index (χ3n) is 4.86. The van der Waals surface area contributed by atoms with Crippen LogP contribution in [-0.2, 0) is 4.79 Å². The van der Waals surface area contributed by atoms with Crippen molar-refractivity contribution in [2.24, 2.45) is 0 Å². The molecule has 2 aromatic carbocycles. The summed E-state index contributed by atoms with van der Waals surface area (Å²) in [4.78, 5) is 18.7. The van der Waals surface area contributed by atoms with Gasteiger partial charge in [0.2, 0.25) is 0 Å². The van der Waals surface area contributed by atoms with Gasteiger partial charge < -0.3 is 9.80 Å². The molecule has 0 unspecified atom stereocenters. The van der Waals surface area contributed by atoms with E-state index in [0.29, 0.717) is 18.6 Å². The van der Waals surface area contributed by atoms with Crippen molar-refractivity contribution in [1.82, 2.24) is 4.90 Å². The summed E-state index contributed by atoms with van der Waals surface area (Å²) in [7, 11) is 0. The number of nitrogens with zero attached hydrogens (tertiary/aromatic N) is 2. The van der Waals surface area contributed by atoms with E-state index in [1.807, 2.05) is 17.8 Å². The van der Waals surface area contributed by atoms with Crippen molar-refractivity contribution in [2.75, 3.05) is 31.1 Å². The van der Waals surface area contributed by atoms with Crippen LogP contribution >= 0.6 is 23.4 Å². The number of benzene rings is 2. The third kappa shape index (κ3) is 3.71. The maximum atomic E-state index is 11.4. The monoisotopic (exact) mass is 372 g/mol. The number of carbonyl (C=O) groups is 1. The number of likely N-dealkylation sites (tertiary alicyclic amines) is 1. The van der Waals surface area contributed by atoms with Crippen molar-refractivity contribution in [3.8, 4) is 0 Å². The fourth-order valence-corrected chi connectivity index (χ4v) is 4.76. The molecule has 2 aliphatic rings. The molecule has 0 atom stereocenters. The van der Waals surface area contributed by atoms with Crippen molar-refractivity contribution in [1.29, 1.82) is 0 Å². The lowest BCUT2D eigenvalue weighted by molar-refractivity contribution is -0.121. The Morgan fingerprint density at radius 2 is 1.72 bits per heavy atom. The highest BCUT2D eigenvalue weighted by Crippen LogP contribution is 2.48. The van der Waals surface area contributed by atoms with E-state index in [1.165, 1.54) is 21.2 Å². The lowest BCUT2D eigenvalue weighted by Crippen LogP contribution is -2.35. The van der Waals surface area contributed by atoms with Gasteiger partial charge in [-0.25, -0.2) is 0 Å². The van der Waals surface area contributed by atoms with Gasteiger partial charge in [0.15, 0.2) is 0 Å². The van der Waals surface area contributed by atoms with Crippen LogP contribution in [0.2, 0.25) is 5.02 Å². The van der Waals surface area contributed by atoms with Gasteiger partial charge in [0.25, 0.3) is 0 Å². The van der Waals surface area contributed by atoms with Gasteiger partial charge in [-0.1, -0.05) is 35.5 Å². The van der Waals surface area contributed by atoms with E-state index in [-0.39, 0.29) is 0 Å². The Morgan fingerprint density at radius 1 is 0.960 bits per heavy atom. The number of carbonyl (C=O) groups excluding carboxylic acids is 1. The molecule has 0 amide bonds. The molecular weight excluding hydrogens is 352 g/mol. The Balaban J connectivity index is 1.50. The summed E-state index contributed by atoms with van der Waals surface area (Å²) in [5.41, 5.74) is 2.46. The number of piperidine rings is 1. The normalized spacial score (nSPS) is 17.3. The summed E-state index contributed by atoms with van der Waals surface area (Å²) < 4.78 is 0. The summed E-state index contributed by atoms with van der Waals surface area (Å²) in [6, 6.07) is 14.7. The molecule has 0 saturated carbocycles. The smallest absolute Gasteiger partial charge is 0.135 e. The van der Waals surface area contributed by atoms with Crippen LogP contribution in [0.1, 0.15) is 19.3 Å². The second kappa shape index (κ2) is 7.40. The minimum Gasteiger partial charge on any atom is -0.340 e. The lowest BCUT2D eigenvalue weighted by Gasteiger charge is -2.34. The first-order valence-electron chi connectivity index (χ1n) is 8.79. The molecule has 0 aromatic heterocycles. The van der Waals surface area contributed by atoms with E-state index < -0.39 is 0 Å². The molecule has 130 valence electrons. The van der Waals surface area contributed by atoms with Crippen LogP contribution in [0.5, 0.6) is 0 Å². The van der Waals surface area contributed by atoms with Gasteiger partial charge in [0.1, 0.15) is 5.78 Å². The molecule has 0 aliphatic carbocycles. The molecular formula is C20H21ClN2OS. The summed E-state index contributed by atoms with van der Waals surface area (Å²) >= 11 is 8.07. The molecule has 0 spiro atoms. The lowest BCUT2D eigenvalue weighted by atomic mass is 10.1. The van der Waals surface area contributed by atoms with Gasteiger partial charge in [-0.2, -0.15) is 0 Å². The average Bonchev–Trinajstić information content (AvgIpc) is 2.63. The average molecular weight is 373 g/mol. The van der Waals surface area contributed by atoms with E-state index in [1.54, 1.807) is 0 Å². The number of Topliss-reactive ketones (excluding diaryl/α,β-unsaturated/α-hetero) is 1. The van der Waals surface area contributed by atoms with Gasteiger partial charge in [-0.3, -0.25) is 4.79 Å². The number of fused-ring (bicyclic) bond motifs is 2. The first kappa shape index (κ1) is 17.0. The SMILES string of the molecule is O=C1CCN(CCCN2c3ccccc3Sc3ccc(Cl)cc32)CC1. The summed E-state index contributed by atoms with van der Waals surface area (Å²) in [5.74, 6) is 0.404. The van der Waals surface area contributed by atoms with Gasteiger partial charge in [-0.05, 0) is 43.3 Å². The van der Waals surface area contributed by atoms with E-state index in [2.05, 4.69) is 46.2 Å². The Hall–Kier alpha value is -1.49. The van der Waals surface area contributed by atoms with Crippen LogP contribution in [0.3, 0.4) is 0 Å². The number of hydrogen-bond donors (Lipinski definition) is 0. The highest BCUT2D eigenvalue weighted by Gasteiger charge is 2.23. The van der Waals surface area contributed by atoms with Crippen LogP contribution in [0.15, 0.2) is 52.3 Å². The molecule has 1 saturated heterocycles. The van der Waals surface area contributed by atoms with Crippen molar-refractivity contribution in [3.63, 3.8) is 0 Å². The van der Waals surface area contributed by atoms with E-state index >= 15 is 0 Å². The van der Waals surface area contributed by atoms with Crippen LogP contribution in [0, 0.1) is 0 Å². The summed E-state index contributed by atoms with van der Waals surface area (Å²) in [6.45, 7) is 3.81. The number of para-hydroxylation sites is 1. The summed E-state index contributed by atoms with van der Waals surface area (Å²) in [6.07, 6.45) is 2.49. The Bertz CT molecular complexity index is 785. The Kier molecular flexibility index (Phi) is 5.02. The van der Waals surface area contributed by atoms with Crippen LogP contribution < -0.4 is 4.90 Å². The molecule has 3 nitrogen and oxygen atoms in total. The maximum Gasteiger partial charge on any atom is 0.135 e. The van der Waals surface area contributed by atoms with Crippen molar-refractivity contribution < 1.29 is 4.79 Å². The summed E-state index contributed by atoms with van der Waals surface area (Å²) in [5, 5.41) is 0.776. The first-order valence-corrected chi connectivity index (χ1v) is 9.98. The zero-order valence-corrected chi connectivity index (χ0v) is 15.7. The predicted molar refractivity (Wildman–Crippen MR) is 104 cm³/mol. The van der Waals surface area contributed by atoms with Crippen molar-refractivity contribution >= 4 is 40.5 Å². The Morgan fingerprint density at radius 3 is 2.56 bits per heavy atom. The molecule has 25 heavy (non-hydrogen) atoms. The predicted octanol–water partition coefficient (Wildman–Crippen LogP) is 5.00. The third-order valence-corrected chi connectivity index (χ3v) is 6.22. The maximum absolute atomic E-state index is 11.4. The van der Waals surface area contributed by atoms with Gasteiger partial charge in [-0.15, -0.1) is 0 Å². The topological polar surface area (TPSA) is 23.6 Å². The highest BCUT2D eigenvalue weighted by molar-refractivity contribution is 7.99. The standard InChI is InChI=1S/C20H21ClN2OS/c21-15-6-7-20-18(14-15)23(17-4-1-2-5-19(17)25-20)11-3-10-22-12-8-16(24)9-13-22/h1-2,4-7,14H,3,8-13H2. The molecule has 4 rings (SSSR count). The van der Waals surface area contributed by atoms with Crippen LogP contribution in [-0.4, -0.2) is 36.9 Å². The number of rotatable bonds is 4. The molecule has 0 bridgehead atoms. The molecule has 1 fully saturated rings. The molecule has 5 heteroatoms. The molecule has 2 aromatic rings. The molecule has 0 N–H and O–H groups in total. The number of anilines is 2. The number of hydrogen-bond acceptors (Lipinski definition) is 4. The minimum atomic E-state index is 0.404. The van der Waals surface area contributed by atoms with E-state index in [9.17, 15) is 4.79 Å². The largest absolute Gasteiger partial charge is 0.340 e. The molecule has 0 radical (unpaired) electrons.